The lowest BCUT2D eigenvalue weighted by molar-refractivity contribution is 0.0930. The number of aromatic nitrogens is 1. The van der Waals surface area contributed by atoms with Crippen molar-refractivity contribution in [3.8, 4) is 11.5 Å². The fraction of sp³-hybridized carbons (Fsp3) is 0.429. The molecule has 5 heteroatoms. The van der Waals surface area contributed by atoms with Crippen LogP contribution in [0.5, 0.6) is 11.5 Å². The molecule has 0 radical (unpaired) electrons. The number of amides is 1. The van der Waals surface area contributed by atoms with Gasteiger partial charge in [-0.05, 0) is 69.0 Å². The molecule has 4 rings (SSSR count). The third-order valence-corrected chi connectivity index (χ3v) is 5.21. The van der Waals surface area contributed by atoms with Gasteiger partial charge in [0.25, 0.3) is 5.91 Å². The fourth-order valence-electron chi connectivity index (χ4n) is 3.49. The van der Waals surface area contributed by atoms with E-state index >= 15 is 0 Å². The van der Waals surface area contributed by atoms with Crippen molar-refractivity contribution in [2.75, 3.05) is 19.6 Å². The van der Waals surface area contributed by atoms with E-state index in [4.69, 9.17) is 4.74 Å². The molecule has 1 saturated carbocycles. The molecule has 2 aliphatic rings. The first-order valence-electron chi connectivity index (χ1n) is 9.49. The summed E-state index contributed by atoms with van der Waals surface area (Å²) in [5.74, 6) is 1.85. The minimum absolute atomic E-state index is 0.110. The predicted molar refractivity (Wildman–Crippen MR) is 100 cm³/mol. The van der Waals surface area contributed by atoms with Crippen LogP contribution in [0.3, 0.4) is 0 Å². The zero-order chi connectivity index (χ0) is 17.8. The lowest BCUT2D eigenvalue weighted by atomic mass is 9.96. The van der Waals surface area contributed by atoms with Crippen LogP contribution in [0.25, 0.3) is 0 Å². The van der Waals surface area contributed by atoms with Gasteiger partial charge in [-0.15, -0.1) is 0 Å². The van der Waals surface area contributed by atoms with Gasteiger partial charge in [0.05, 0.1) is 6.20 Å². The van der Waals surface area contributed by atoms with Crippen LogP contribution in [-0.2, 0) is 0 Å². The van der Waals surface area contributed by atoms with Gasteiger partial charge in [-0.25, -0.2) is 4.98 Å². The summed E-state index contributed by atoms with van der Waals surface area (Å²) in [4.78, 5) is 19.2. The van der Waals surface area contributed by atoms with Crippen LogP contribution < -0.4 is 10.1 Å². The number of hydrogen-bond donors (Lipinski definition) is 1. The molecule has 2 fully saturated rings. The van der Waals surface area contributed by atoms with Crippen molar-refractivity contribution in [1.82, 2.24) is 15.2 Å². The molecule has 5 nitrogen and oxygen atoms in total. The summed E-state index contributed by atoms with van der Waals surface area (Å²) in [7, 11) is 0. The summed E-state index contributed by atoms with van der Waals surface area (Å²) >= 11 is 0. The van der Waals surface area contributed by atoms with Gasteiger partial charge >= 0.3 is 0 Å². The summed E-state index contributed by atoms with van der Waals surface area (Å²) in [6, 6.07) is 13.9. The minimum atomic E-state index is -0.110. The number of rotatable bonds is 6. The second-order valence-electron chi connectivity index (χ2n) is 7.21. The monoisotopic (exact) mass is 351 g/mol. The average molecular weight is 351 g/mol. The molecule has 1 aromatic carbocycles. The number of benzene rings is 1. The normalized spacial score (nSPS) is 18.5. The van der Waals surface area contributed by atoms with E-state index < -0.39 is 0 Å². The maximum atomic E-state index is 12.3. The molecule has 0 unspecified atom stereocenters. The third-order valence-electron chi connectivity index (χ3n) is 5.21. The van der Waals surface area contributed by atoms with Crippen LogP contribution in [0, 0.1) is 5.92 Å². The highest BCUT2D eigenvalue weighted by Crippen LogP contribution is 2.30. The van der Waals surface area contributed by atoms with Crippen LogP contribution in [0.4, 0.5) is 0 Å². The van der Waals surface area contributed by atoms with E-state index in [0.717, 1.165) is 18.3 Å². The maximum Gasteiger partial charge on any atom is 0.269 e. The number of carbonyl (C=O) groups is 1. The molecular formula is C21H25N3O2. The Bertz CT molecular complexity index is 721. The number of hydrogen-bond acceptors (Lipinski definition) is 4. The Hall–Kier alpha value is -2.40. The molecule has 1 amide bonds. The summed E-state index contributed by atoms with van der Waals surface area (Å²) in [5, 5.41) is 3.04. The molecule has 2 aromatic rings. The number of para-hydroxylation sites is 1. The molecule has 1 aromatic heterocycles. The zero-order valence-electron chi connectivity index (χ0n) is 14.9. The third kappa shape index (κ3) is 4.41. The highest BCUT2D eigenvalue weighted by atomic mass is 16.5. The molecule has 2 heterocycles. The summed E-state index contributed by atoms with van der Waals surface area (Å²) < 4.78 is 5.70. The van der Waals surface area contributed by atoms with Crippen LogP contribution >= 0.6 is 0 Å². The van der Waals surface area contributed by atoms with E-state index in [9.17, 15) is 4.79 Å². The van der Waals surface area contributed by atoms with Gasteiger partial charge < -0.3 is 15.0 Å². The molecule has 0 bridgehead atoms. The topological polar surface area (TPSA) is 54.5 Å². The number of pyridine rings is 1. The van der Waals surface area contributed by atoms with Gasteiger partial charge in [0.15, 0.2) is 0 Å². The molecule has 136 valence electrons. The largest absolute Gasteiger partial charge is 0.456 e. The van der Waals surface area contributed by atoms with Gasteiger partial charge in [-0.3, -0.25) is 4.79 Å². The molecule has 26 heavy (non-hydrogen) atoms. The van der Waals surface area contributed by atoms with Crippen LogP contribution in [0.1, 0.15) is 36.2 Å². The Balaban J connectivity index is 1.24. The Kier molecular flexibility index (Phi) is 5.16. The lowest BCUT2D eigenvalue weighted by Crippen LogP contribution is -2.39. The first-order chi connectivity index (χ1) is 12.8. The number of piperidine rings is 1. The summed E-state index contributed by atoms with van der Waals surface area (Å²) in [5.41, 5.74) is 0.431. The van der Waals surface area contributed by atoms with Crippen molar-refractivity contribution in [2.24, 2.45) is 5.92 Å². The number of nitrogens with one attached hydrogen (secondary N) is 1. The fourth-order valence-corrected chi connectivity index (χ4v) is 3.49. The molecule has 1 N–H and O–H groups in total. The standard InChI is InChI=1S/C21H25N3O2/c25-21(23-14-16-10-12-24(13-11-16)17-6-7-17)20-9-8-19(15-22-20)26-18-4-2-1-3-5-18/h1-5,8-9,15-17H,6-7,10-14H2,(H,23,25). The van der Waals surface area contributed by atoms with Gasteiger partial charge in [0.2, 0.25) is 0 Å². The molecule has 0 atom stereocenters. The van der Waals surface area contributed by atoms with Gasteiger partial charge in [-0.2, -0.15) is 0 Å². The Morgan fingerprint density at radius 3 is 2.46 bits per heavy atom. The predicted octanol–water partition coefficient (Wildman–Crippen LogP) is 3.48. The highest BCUT2D eigenvalue weighted by molar-refractivity contribution is 5.92. The number of carbonyl (C=O) groups excluding carboxylic acids is 1. The minimum Gasteiger partial charge on any atom is -0.456 e. The summed E-state index contributed by atoms with van der Waals surface area (Å²) in [6.07, 6.45) is 6.69. The molecule has 1 aliphatic carbocycles. The van der Waals surface area contributed by atoms with Crippen molar-refractivity contribution in [1.29, 1.82) is 0 Å². The molecule has 1 saturated heterocycles. The van der Waals surface area contributed by atoms with Crippen molar-refractivity contribution >= 4 is 5.91 Å². The van der Waals surface area contributed by atoms with E-state index in [2.05, 4.69) is 15.2 Å². The smallest absolute Gasteiger partial charge is 0.269 e. The Morgan fingerprint density at radius 2 is 1.81 bits per heavy atom. The van der Waals surface area contributed by atoms with E-state index in [-0.39, 0.29) is 5.91 Å². The first kappa shape index (κ1) is 17.0. The maximum absolute atomic E-state index is 12.3. The second-order valence-corrected chi connectivity index (χ2v) is 7.21. The van der Waals surface area contributed by atoms with Gasteiger partial charge in [-0.1, -0.05) is 18.2 Å². The van der Waals surface area contributed by atoms with E-state index in [1.807, 2.05) is 30.3 Å². The summed E-state index contributed by atoms with van der Waals surface area (Å²) in [6.45, 7) is 3.09. The quantitative estimate of drug-likeness (QED) is 0.866. The SMILES string of the molecule is O=C(NCC1CCN(C2CC2)CC1)c1ccc(Oc2ccccc2)cn1. The van der Waals surface area contributed by atoms with Crippen molar-refractivity contribution in [2.45, 2.75) is 31.7 Å². The van der Waals surface area contributed by atoms with E-state index in [0.29, 0.717) is 17.4 Å². The highest BCUT2D eigenvalue weighted by Gasteiger charge is 2.31. The van der Waals surface area contributed by atoms with Crippen LogP contribution in [0.2, 0.25) is 0 Å². The lowest BCUT2D eigenvalue weighted by Gasteiger charge is -2.31. The number of ether oxygens (including phenoxy) is 1. The van der Waals surface area contributed by atoms with Crippen molar-refractivity contribution in [3.05, 3.63) is 54.4 Å². The van der Waals surface area contributed by atoms with Gasteiger partial charge in [0, 0.05) is 12.6 Å². The van der Waals surface area contributed by atoms with Gasteiger partial charge in [0.1, 0.15) is 17.2 Å². The first-order valence-corrected chi connectivity index (χ1v) is 9.49. The number of nitrogens with zero attached hydrogens (tertiary/aromatic N) is 2. The second kappa shape index (κ2) is 7.87. The van der Waals surface area contributed by atoms with E-state index in [1.54, 1.807) is 18.3 Å². The Labute approximate surface area is 154 Å². The van der Waals surface area contributed by atoms with E-state index in [1.165, 1.54) is 38.8 Å². The molecular weight excluding hydrogens is 326 g/mol. The molecule has 0 spiro atoms. The zero-order valence-corrected chi connectivity index (χ0v) is 14.9. The van der Waals surface area contributed by atoms with Crippen molar-refractivity contribution in [3.63, 3.8) is 0 Å². The van der Waals surface area contributed by atoms with Crippen LogP contribution in [0.15, 0.2) is 48.7 Å². The van der Waals surface area contributed by atoms with Crippen molar-refractivity contribution < 1.29 is 9.53 Å². The average Bonchev–Trinajstić information content (AvgIpc) is 3.53. The molecule has 1 aliphatic heterocycles. The number of likely N-dealkylation sites (tertiary alicyclic amines) is 1. The van der Waals surface area contributed by atoms with Crippen LogP contribution in [-0.4, -0.2) is 41.5 Å². The Morgan fingerprint density at radius 1 is 1.04 bits per heavy atom.